The summed E-state index contributed by atoms with van der Waals surface area (Å²) in [5, 5.41) is 4.24. The quantitative estimate of drug-likeness (QED) is 0.676. The molecule has 1 aliphatic rings. The number of aryl methyl sites for hydroxylation is 2. The maximum atomic E-state index is 13.1. The lowest BCUT2D eigenvalue weighted by Gasteiger charge is -2.33. The van der Waals surface area contributed by atoms with Crippen LogP contribution in [0.2, 0.25) is 0 Å². The van der Waals surface area contributed by atoms with Gasteiger partial charge in [0.1, 0.15) is 18.2 Å². The van der Waals surface area contributed by atoms with Gasteiger partial charge in [-0.2, -0.15) is 14.6 Å². The van der Waals surface area contributed by atoms with Crippen LogP contribution in [0.4, 0.5) is 0 Å². The smallest absolute Gasteiger partial charge is 0.257 e. The van der Waals surface area contributed by atoms with Crippen molar-refractivity contribution in [2.24, 2.45) is 0 Å². The number of ether oxygens (including phenoxy) is 2. The lowest BCUT2D eigenvalue weighted by Crippen LogP contribution is -2.42. The lowest BCUT2D eigenvalue weighted by atomic mass is 10.1. The van der Waals surface area contributed by atoms with E-state index < -0.39 is 0 Å². The Labute approximate surface area is 170 Å². The summed E-state index contributed by atoms with van der Waals surface area (Å²) in [6.07, 6.45) is 1.17. The molecule has 1 amide bonds. The van der Waals surface area contributed by atoms with Crippen molar-refractivity contribution in [3.05, 3.63) is 53.1 Å². The minimum absolute atomic E-state index is 0.0687. The Bertz CT molecular complexity index is 1000. The van der Waals surface area contributed by atoms with Crippen LogP contribution >= 0.6 is 0 Å². The zero-order chi connectivity index (χ0) is 21.0. The highest BCUT2D eigenvalue weighted by molar-refractivity contribution is 5.97. The first kappa shape index (κ1) is 20.7. The molecule has 29 heavy (non-hydrogen) atoms. The first-order valence-electron chi connectivity index (χ1n) is 9.79. The average Bonchev–Trinajstić information content (AvgIpc) is 3.22. The fourth-order valence-corrected chi connectivity index (χ4v) is 3.35. The molecule has 1 unspecified atom stereocenters. The Morgan fingerprint density at radius 1 is 1.24 bits per heavy atom. The molecule has 0 spiro atoms. The number of carbonyl (C=O) groups is 1. The molecule has 1 aliphatic heterocycles. The number of amides is 1. The second-order valence-corrected chi connectivity index (χ2v) is 6.61. The van der Waals surface area contributed by atoms with E-state index in [-0.39, 0.29) is 12.0 Å². The third-order valence-electron chi connectivity index (χ3n) is 4.68. The monoisotopic (exact) mass is 397 g/mol. The molecule has 8 nitrogen and oxygen atoms in total. The molecule has 1 atom stereocenters. The maximum Gasteiger partial charge on any atom is 0.257 e. The number of methoxy groups -OCH3 is 1. The number of hydrogen-bond donors (Lipinski definition) is 0. The standard InChI is InChI=1S/C19H21N5O3.C2H6/c1-12-4-5-14(16(8-12)26-3)18(25)23-6-7-27-17(10-23)15-9-13(2)22-19-20-11-21-24(15)19;1-2/h4-5,8-9,11,17H,6-7,10H2,1-3H3;1-2H3. The molecule has 0 aliphatic carbocycles. The van der Waals surface area contributed by atoms with Gasteiger partial charge in [0, 0.05) is 12.2 Å². The predicted octanol–water partition coefficient (Wildman–Crippen LogP) is 2.99. The van der Waals surface area contributed by atoms with Crippen molar-refractivity contribution < 1.29 is 14.3 Å². The molecule has 1 aromatic carbocycles. The van der Waals surface area contributed by atoms with Crippen LogP contribution in [-0.2, 0) is 4.74 Å². The van der Waals surface area contributed by atoms with E-state index in [1.807, 2.05) is 52.0 Å². The summed E-state index contributed by atoms with van der Waals surface area (Å²) >= 11 is 0. The van der Waals surface area contributed by atoms with Crippen LogP contribution in [-0.4, -0.2) is 57.2 Å². The highest BCUT2D eigenvalue weighted by Crippen LogP contribution is 2.27. The van der Waals surface area contributed by atoms with E-state index in [1.54, 1.807) is 16.5 Å². The van der Waals surface area contributed by atoms with Crippen molar-refractivity contribution in [1.29, 1.82) is 0 Å². The van der Waals surface area contributed by atoms with Gasteiger partial charge in [-0.05, 0) is 37.6 Å². The van der Waals surface area contributed by atoms with Crippen molar-refractivity contribution >= 4 is 11.7 Å². The van der Waals surface area contributed by atoms with Crippen molar-refractivity contribution in [2.75, 3.05) is 26.8 Å². The molecule has 4 rings (SSSR count). The highest BCUT2D eigenvalue weighted by Gasteiger charge is 2.29. The number of carbonyl (C=O) groups excluding carboxylic acids is 1. The SMILES string of the molecule is CC.COc1cc(C)ccc1C(=O)N1CCOC(c2cc(C)nc3ncnn23)C1. The Kier molecular flexibility index (Phi) is 6.43. The maximum absolute atomic E-state index is 13.1. The number of rotatable bonds is 3. The van der Waals surface area contributed by atoms with Crippen molar-refractivity contribution in [3.63, 3.8) is 0 Å². The Morgan fingerprint density at radius 2 is 2.03 bits per heavy atom. The van der Waals surface area contributed by atoms with Gasteiger partial charge in [-0.1, -0.05) is 19.9 Å². The lowest BCUT2D eigenvalue weighted by molar-refractivity contribution is -0.0257. The van der Waals surface area contributed by atoms with Crippen LogP contribution in [0.1, 0.15) is 47.3 Å². The predicted molar refractivity (Wildman–Crippen MR) is 109 cm³/mol. The minimum Gasteiger partial charge on any atom is -0.496 e. The minimum atomic E-state index is -0.301. The number of nitrogens with zero attached hydrogens (tertiary/aromatic N) is 5. The summed E-state index contributed by atoms with van der Waals surface area (Å²) in [4.78, 5) is 23.4. The average molecular weight is 397 g/mol. The Hall–Kier alpha value is -3.00. The fraction of sp³-hybridized carbons (Fsp3) is 0.429. The first-order chi connectivity index (χ1) is 14.1. The van der Waals surface area contributed by atoms with E-state index in [0.29, 0.717) is 36.8 Å². The molecular weight excluding hydrogens is 370 g/mol. The zero-order valence-electron chi connectivity index (χ0n) is 17.5. The van der Waals surface area contributed by atoms with Gasteiger partial charge in [0.2, 0.25) is 0 Å². The molecule has 0 saturated carbocycles. The summed E-state index contributed by atoms with van der Waals surface area (Å²) in [6, 6.07) is 7.52. The molecule has 3 heterocycles. The first-order valence-corrected chi connectivity index (χ1v) is 9.79. The zero-order valence-corrected chi connectivity index (χ0v) is 17.5. The van der Waals surface area contributed by atoms with Gasteiger partial charge in [-0.15, -0.1) is 0 Å². The molecular formula is C21H27N5O3. The molecule has 2 aromatic heterocycles. The van der Waals surface area contributed by atoms with Crippen LogP contribution in [0.3, 0.4) is 0 Å². The van der Waals surface area contributed by atoms with E-state index in [4.69, 9.17) is 9.47 Å². The molecule has 0 N–H and O–H groups in total. The van der Waals surface area contributed by atoms with Crippen LogP contribution in [0.5, 0.6) is 5.75 Å². The summed E-state index contributed by atoms with van der Waals surface area (Å²) in [6.45, 7) is 9.27. The summed E-state index contributed by atoms with van der Waals surface area (Å²) in [5.74, 6) is 1.04. The van der Waals surface area contributed by atoms with E-state index in [0.717, 1.165) is 17.0 Å². The molecule has 1 saturated heterocycles. The van der Waals surface area contributed by atoms with Crippen LogP contribution in [0.15, 0.2) is 30.6 Å². The van der Waals surface area contributed by atoms with Crippen LogP contribution < -0.4 is 4.74 Å². The second kappa shape index (κ2) is 9.00. The summed E-state index contributed by atoms with van der Waals surface area (Å²) < 4.78 is 13.0. The van der Waals surface area contributed by atoms with Crippen molar-refractivity contribution in [3.8, 4) is 5.75 Å². The molecule has 0 bridgehead atoms. The van der Waals surface area contributed by atoms with Gasteiger partial charge in [-0.25, -0.2) is 4.98 Å². The Balaban J connectivity index is 0.00000117. The van der Waals surface area contributed by atoms with Gasteiger partial charge in [-0.3, -0.25) is 4.79 Å². The van der Waals surface area contributed by atoms with Crippen molar-refractivity contribution in [1.82, 2.24) is 24.5 Å². The topological polar surface area (TPSA) is 81.8 Å². The van der Waals surface area contributed by atoms with Crippen molar-refractivity contribution in [2.45, 2.75) is 33.8 Å². The highest BCUT2D eigenvalue weighted by atomic mass is 16.5. The molecule has 0 radical (unpaired) electrons. The summed E-state index contributed by atoms with van der Waals surface area (Å²) in [5.41, 5.74) is 3.27. The molecule has 3 aromatic rings. The van der Waals surface area contributed by atoms with E-state index in [1.165, 1.54) is 6.33 Å². The third kappa shape index (κ3) is 4.22. The van der Waals surface area contributed by atoms with Gasteiger partial charge in [0.25, 0.3) is 11.7 Å². The van der Waals surface area contributed by atoms with Gasteiger partial charge >= 0.3 is 0 Å². The van der Waals surface area contributed by atoms with E-state index >= 15 is 0 Å². The van der Waals surface area contributed by atoms with Gasteiger partial charge < -0.3 is 14.4 Å². The van der Waals surface area contributed by atoms with Gasteiger partial charge in [0.15, 0.2) is 0 Å². The second-order valence-electron chi connectivity index (χ2n) is 6.61. The van der Waals surface area contributed by atoms with Gasteiger partial charge in [0.05, 0.1) is 31.5 Å². The molecule has 8 heteroatoms. The van der Waals surface area contributed by atoms with Crippen LogP contribution in [0.25, 0.3) is 5.78 Å². The summed E-state index contributed by atoms with van der Waals surface area (Å²) in [7, 11) is 1.58. The van der Waals surface area contributed by atoms with E-state index in [2.05, 4.69) is 15.1 Å². The largest absolute Gasteiger partial charge is 0.496 e. The van der Waals surface area contributed by atoms with Crippen LogP contribution in [0, 0.1) is 13.8 Å². The molecule has 154 valence electrons. The number of aromatic nitrogens is 4. The molecule has 1 fully saturated rings. The van der Waals surface area contributed by atoms with E-state index in [9.17, 15) is 4.79 Å². The number of benzene rings is 1. The fourth-order valence-electron chi connectivity index (χ4n) is 3.35. The Morgan fingerprint density at radius 3 is 2.79 bits per heavy atom. The number of fused-ring (bicyclic) bond motifs is 1. The normalized spacial score (nSPS) is 16.3. The number of morpholine rings is 1. The number of hydrogen-bond acceptors (Lipinski definition) is 6. The third-order valence-corrected chi connectivity index (χ3v) is 4.68.